The van der Waals surface area contributed by atoms with E-state index in [-0.39, 0.29) is 24.0 Å². The molecule has 1 atom stereocenters. The smallest absolute Gasteiger partial charge is 0.354 e. The van der Waals surface area contributed by atoms with Crippen LogP contribution in [0.3, 0.4) is 0 Å². The number of ether oxygens (including phenoxy) is 1. The fraction of sp³-hybridized carbons (Fsp3) is 0.290. The van der Waals surface area contributed by atoms with Gasteiger partial charge >= 0.3 is 5.97 Å². The highest BCUT2D eigenvalue weighted by Gasteiger charge is 2.25. The fourth-order valence-corrected chi connectivity index (χ4v) is 5.72. The Morgan fingerprint density at radius 3 is 2.74 bits per heavy atom. The van der Waals surface area contributed by atoms with Crippen LogP contribution in [-0.4, -0.2) is 61.3 Å². The number of carboxylic acids is 1. The Kier molecular flexibility index (Phi) is 6.97. The van der Waals surface area contributed by atoms with Crippen molar-refractivity contribution in [3.63, 3.8) is 0 Å². The molecule has 5 aromatic rings. The maximum Gasteiger partial charge on any atom is 0.354 e. The molecule has 2 aromatic carbocycles. The molecule has 0 radical (unpaired) electrons. The van der Waals surface area contributed by atoms with Crippen LogP contribution in [-0.2, 0) is 24.2 Å². The largest absolute Gasteiger partial charge is 0.477 e. The summed E-state index contributed by atoms with van der Waals surface area (Å²) in [5.41, 5.74) is 5.31. The van der Waals surface area contributed by atoms with Crippen molar-refractivity contribution in [1.82, 2.24) is 24.4 Å². The summed E-state index contributed by atoms with van der Waals surface area (Å²) in [4.78, 5) is 27.7. The zero-order valence-corrected chi connectivity index (χ0v) is 23.4. The highest BCUT2D eigenvalue weighted by Crippen LogP contribution is 2.31. The van der Waals surface area contributed by atoms with E-state index in [1.54, 1.807) is 18.2 Å². The summed E-state index contributed by atoms with van der Waals surface area (Å²) in [5.74, 6) is -0.160. The maximum atomic E-state index is 14.4. The van der Waals surface area contributed by atoms with Crippen LogP contribution < -0.4 is 0 Å². The lowest BCUT2D eigenvalue weighted by molar-refractivity contribution is -0.0592. The molecule has 0 amide bonds. The molecule has 7 rings (SSSR count). The number of nitrogens with zero attached hydrogens (tertiary/aromatic N) is 5. The van der Waals surface area contributed by atoms with Crippen molar-refractivity contribution in [1.29, 1.82) is 0 Å². The van der Waals surface area contributed by atoms with E-state index in [1.807, 2.05) is 22.8 Å². The number of hydrogen-bond donors (Lipinski definition) is 1. The van der Waals surface area contributed by atoms with E-state index < -0.39 is 5.97 Å². The second-order valence-corrected chi connectivity index (χ2v) is 11.1. The van der Waals surface area contributed by atoms with Gasteiger partial charge in [-0.3, -0.25) is 4.90 Å². The van der Waals surface area contributed by atoms with E-state index in [9.17, 15) is 14.3 Å². The van der Waals surface area contributed by atoms with Crippen LogP contribution in [0, 0.1) is 5.82 Å². The van der Waals surface area contributed by atoms with E-state index in [0.29, 0.717) is 52.9 Å². The van der Waals surface area contributed by atoms with E-state index in [2.05, 4.69) is 20.9 Å². The zero-order chi connectivity index (χ0) is 28.8. The predicted octanol–water partition coefficient (Wildman–Crippen LogP) is 5.73. The van der Waals surface area contributed by atoms with Crippen molar-refractivity contribution in [2.75, 3.05) is 19.7 Å². The number of rotatable bonds is 8. The summed E-state index contributed by atoms with van der Waals surface area (Å²) in [6.45, 7) is 3.43. The molecule has 2 aliphatic rings. The van der Waals surface area contributed by atoms with E-state index >= 15 is 0 Å². The summed E-state index contributed by atoms with van der Waals surface area (Å²) < 4.78 is 28.2. The molecule has 0 saturated carbocycles. The van der Waals surface area contributed by atoms with Crippen molar-refractivity contribution in [3.05, 3.63) is 94.0 Å². The molecular weight excluding hydrogens is 561 g/mol. The van der Waals surface area contributed by atoms with Crippen LogP contribution >= 0.6 is 11.6 Å². The number of para-hydroxylation sites is 1. The number of oxazole rings is 1. The molecule has 1 saturated heterocycles. The lowest BCUT2D eigenvalue weighted by Gasteiger charge is -2.29. The van der Waals surface area contributed by atoms with Crippen molar-refractivity contribution in [2.24, 2.45) is 0 Å². The third-order valence-corrected chi connectivity index (χ3v) is 8.13. The number of aromatic carboxylic acids is 1. The number of fused-ring (bicyclic) bond motifs is 2. The van der Waals surface area contributed by atoms with Gasteiger partial charge in [-0.05, 0) is 54.3 Å². The third kappa shape index (κ3) is 5.17. The number of carboxylic acid groups (broad SMARTS) is 1. The van der Waals surface area contributed by atoms with E-state index in [4.69, 9.17) is 25.7 Å². The van der Waals surface area contributed by atoms with Gasteiger partial charge in [-0.25, -0.2) is 24.1 Å². The van der Waals surface area contributed by atoms with Gasteiger partial charge in [0.2, 0.25) is 0 Å². The molecule has 1 unspecified atom stereocenters. The minimum Gasteiger partial charge on any atom is -0.477 e. The van der Waals surface area contributed by atoms with Crippen molar-refractivity contribution >= 4 is 45.4 Å². The minimum atomic E-state index is -1.06. The van der Waals surface area contributed by atoms with Gasteiger partial charge in [0, 0.05) is 30.3 Å². The topological polar surface area (TPSA) is 107 Å². The van der Waals surface area contributed by atoms with Gasteiger partial charge in [0.05, 0.1) is 25.6 Å². The number of hydrogen-bond acceptors (Lipinski definition) is 7. The van der Waals surface area contributed by atoms with E-state index in [1.165, 1.54) is 17.7 Å². The number of carbonyl (C=O) groups is 1. The van der Waals surface area contributed by atoms with Crippen LogP contribution in [0.2, 0.25) is 5.02 Å². The van der Waals surface area contributed by atoms with Gasteiger partial charge in [-0.2, -0.15) is 0 Å². The molecule has 9 nitrogen and oxygen atoms in total. The Balaban J connectivity index is 1.12. The summed E-state index contributed by atoms with van der Waals surface area (Å²) in [7, 11) is 0. The zero-order valence-electron chi connectivity index (χ0n) is 22.6. The quantitative estimate of drug-likeness (QED) is 0.245. The summed E-state index contributed by atoms with van der Waals surface area (Å²) in [6, 6.07) is 13.7. The molecule has 0 bridgehead atoms. The van der Waals surface area contributed by atoms with Crippen molar-refractivity contribution in [3.8, 4) is 0 Å². The monoisotopic (exact) mass is 587 g/mol. The fourth-order valence-electron chi connectivity index (χ4n) is 5.56. The highest BCUT2D eigenvalue weighted by molar-refractivity contribution is 6.30. The Labute approximate surface area is 245 Å². The molecule has 42 heavy (non-hydrogen) atoms. The van der Waals surface area contributed by atoms with Gasteiger partial charge in [0.1, 0.15) is 22.7 Å². The number of benzene rings is 2. The lowest BCUT2D eigenvalue weighted by atomic mass is 9.98. The number of imidazole rings is 1. The van der Waals surface area contributed by atoms with Gasteiger partial charge in [-0.1, -0.05) is 35.9 Å². The summed E-state index contributed by atoms with van der Waals surface area (Å²) in [6.07, 6.45) is 4.26. The average molecular weight is 588 g/mol. The lowest BCUT2D eigenvalue weighted by Crippen LogP contribution is -2.33. The van der Waals surface area contributed by atoms with Gasteiger partial charge in [0.25, 0.3) is 0 Å². The SMILES string of the molecule is O=C(O)c1ccc2nc(CN3CC=C(c4cccc5nc(Cc6ccc(Cl)cc6F)oc45)CC3)n(CC3CCO3)c2n1. The summed E-state index contributed by atoms with van der Waals surface area (Å²) in [5, 5.41) is 9.80. The Hall–Kier alpha value is -4.12. The summed E-state index contributed by atoms with van der Waals surface area (Å²) >= 11 is 5.90. The van der Waals surface area contributed by atoms with Gasteiger partial charge in [0.15, 0.2) is 22.8 Å². The number of aromatic nitrogens is 4. The molecular formula is C31H27ClFN5O4. The average Bonchev–Trinajstić information content (AvgIpc) is 3.52. The van der Waals surface area contributed by atoms with Gasteiger partial charge in [-0.15, -0.1) is 0 Å². The first kappa shape index (κ1) is 26.8. The first-order valence-corrected chi connectivity index (χ1v) is 14.2. The molecule has 1 N–H and O–H groups in total. The van der Waals surface area contributed by atoms with Crippen LogP contribution in [0.5, 0.6) is 0 Å². The first-order chi connectivity index (χ1) is 20.4. The standard InChI is InChI=1S/C31H27ClFN5O4/c32-20-5-4-19(23(33)15-20)14-28-35-24-3-1-2-22(29(24)42-28)18-8-11-37(12-9-18)17-27-34-25-6-7-26(31(39)40)36-30(25)38(27)16-21-10-13-41-21/h1-8,15,21H,9-14,16-17H2,(H,39,40). The van der Waals surface area contributed by atoms with Crippen LogP contribution in [0.15, 0.2) is 59.0 Å². The molecule has 2 aliphatic heterocycles. The highest BCUT2D eigenvalue weighted by atomic mass is 35.5. The van der Waals surface area contributed by atoms with Crippen molar-refractivity contribution < 1.29 is 23.4 Å². The number of halogens is 2. The van der Waals surface area contributed by atoms with Gasteiger partial charge < -0.3 is 18.8 Å². The first-order valence-electron chi connectivity index (χ1n) is 13.9. The Morgan fingerprint density at radius 2 is 2.00 bits per heavy atom. The van der Waals surface area contributed by atoms with Crippen LogP contribution in [0.4, 0.5) is 4.39 Å². The molecule has 11 heteroatoms. The van der Waals surface area contributed by atoms with Crippen molar-refractivity contribution in [2.45, 2.75) is 38.5 Å². The maximum absolute atomic E-state index is 14.4. The molecule has 5 heterocycles. The predicted molar refractivity (Wildman–Crippen MR) is 155 cm³/mol. The molecule has 1 fully saturated rings. The van der Waals surface area contributed by atoms with Crippen LogP contribution in [0.1, 0.15) is 46.2 Å². The molecule has 3 aromatic heterocycles. The molecule has 0 aliphatic carbocycles. The molecule has 214 valence electrons. The number of pyridine rings is 1. The second-order valence-electron chi connectivity index (χ2n) is 10.7. The Morgan fingerprint density at radius 1 is 1.12 bits per heavy atom. The Bertz CT molecular complexity index is 1860. The van der Waals surface area contributed by atoms with Crippen LogP contribution in [0.25, 0.3) is 27.8 Å². The van der Waals surface area contributed by atoms with E-state index in [0.717, 1.165) is 42.9 Å². The normalized spacial score (nSPS) is 17.5. The molecule has 0 spiro atoms. The minimum absolute atomic E-state index is 0.00155. The second kappa shape index (κ2) is 10.9. The third-order valence-electron chi connectivity index (χ3n) is 7.89.